The Balaban J connectivity index is 1.80. The van der Waals surface area contributed by atoms with Gasteiger partial charge >= 0.3 is 0 Å². The van der Waals surface area contributed by atoms with Gasteiger partial charge in [-0.1, -0.05) is 0 Å². The van der Waals surface area contributed by atoms with Crippen LogP contribution in [0.15, 0.2) is 24.3 Å². The molecule has 2 nitrogen and oxygen atoms in total. The monoisotopic (exact) mass is 254 g/mol. The van der Waals surface area contributed by atoms with E-state index in [1.165, 1.54) is 23.6 Å². The first-order valence-electron chi connectivity index (χ1n) is 6.03. The van der Waals surface area contributed by atoms with Crippen molar-refractivity contribution in [2.24, 2.45) is 0 Å². The van der Waals surface area contributed by atoms with Crippen LogP contribution in [-0.4, -0.2) is 37.7 Å². The molecule has 0 bridgehead atoms. The highest BCUT2D eigenvalue weighted by Gasteiger charge is 2.13. The Morgan fingerprint density at radius 1 is 1.41 bits per heavy atom. The van der Waals surface area contributed by atoms with Gasteiger partial charge in [-0.2, -0.15) is 11.8 Å². The molecule has 0 aliphatic carbocycles. The van der Waals surface area contributed by atoms with Gasteiger partial charge in [0, 0.05) is 43.4 Å². The quantitative estimate of drug-likeness (QED) is 0.888. The van der Waals surface area contributed by atoms with E-state index >= 15 is 0 Å². The minimum Gasteiger partial charge on any atom is -0.375 e. The molecule has 1 fully saturated rings. The van der Waals surface area contributed by atoms with Crippen LogP contribution >= 0.6 is 11.8 Å². The van der Waals surface area contributed by atoms with E-state index < -0.39 is 0 Å². The molecule has 1 heterocycles. The molecule has 1 unspecified atom stereocenters. The average molecular weight is 254 g/mol. The summed E-state index contributed by atoms with van der Waals surface area (Å²) in [5, 5.41) is 3.53. The van der Waals surface area contributed by atoms with E-state index in [0.29, 0.717) is 6.04 Å². The van der Waals surface area contributed by atoms with E-state index in [0.717, 1.165) is 25.2 Å². The molecular weight excluding hydrogens is 235 g/mol. The maximum absolute atomic E-state index is 12.8. The molecule has 2 rings (SSSR count). The van der Waals surface area contributed by atoms with Crippen LogP contribution < -0.4 is 10.2 Å². The van der Waals surface area contributed by atoms with Crippen LogP contribution in [-0.2, 0) is 0 Å². The Bertz CT molecular complexity index is 336. The van der Waals surface area contributed by atoms with Crippen molar-refractivity contribution >= 4 is 17.4 Å². The van der Waals surface area contributed by atoms with Crippen molar-refractivity contribution in [1.82, 2.24) is 5.32 Å². The molecule has 0 radical (unpaired) electrons. The van der Waals surface area contributed by atoms with E-state index in [2.05, 4.69) is 17.3 Å². The van der Waals surface area contributed by atoms with E-state index in [-0.39, 0.29) is 5.82 Å². The summed E-state index contributed by atoms with van der Waals surface area (Å²) in [6.45, 7) is 2.12. The van der Waals surface area contributed by atoms with Crippen LogP contribution in [0, 0.1) is 5.82 Å². The Hall–Kier alpha value is -0.740. The van der Waals surface area contributed by atoms with E-state index in [9.17, 15) is 4.39 Å². The Morgan fingerprint density at radius 2 is 2.18 bits per heavy atom. The van der Waals surface area contributed by atoms with Gasteiger partial charge in [0.25, 0.3) is 0 Å². The van der Waals surface area contributed by atoms with Crippen LogP contribution in [0.1, 0.15) is 6.42 Å². The molecule has 0 amide bonds. The van der Waals surface area contributed by atoms with Crippen LogP contribution in [0.3, 0.4) is 0 Å². The summed E-state index contributed by atoms with van der Waals surface area (Å²) in [5.41, 5.74) is 1.08. The molecule has 1 saturated heterocycles. The van der Waals surface area contributed by atoms with E-state index in [1.54, 1.807) is 0 Å². The summed E-state index contributed by atoms with van der Waals surface area (Å²) in [4.78, 5) is 2.18. The fourth-order valence-corrected chi connectivity index (χ4v) is 2.98. The second kappa shape index (κ2) is 6.26. The van der Waals surface area contributed by atoms with Gasteiger partial charge < -0.3 is 10.2 Å². The highest BCUT2D eigenvalue weighted by Crippen LogP contribution is 2.15. The van der Waals surface area contributed by atoms with Gasteiger partial charge in [0.1, 0.15) is 5.82 Å². The lowest BCUT2D eigenvalue weighted by molar-refractivity contribution is 0.530. The molecule has 1 aromatic carbocycles. The highest BCUT2D eigenvalue weighted by atomic mass is 32.2. The predicted octanol–water partition coefficient (Wildman–Crippen LogP) is 2.36. The number of benzene rings is 1. The molecule has 1 aliphatic heterocycles. The first-order chi connectivity index (χ1) is 8.25. The first kappa shape index (κ1) is 12.7. The lowest BCUT2D eigenvalue weighted by Crippen LogP contribution is -2.39. The van der Waals surface area contributed by atoms with Crippen LogP contribution in [0.4, 0.5) is 10.1 Å². The molecular formula is C13H19FN2S. The van der Waals surface area contributed by atoms with Crippen molar-refractivity contribution in [3.8, 4) is 0 Å². The second-order valence-corrected chi connectivity index (χ2v) is 5.56. The van der Waals surface area contributed by atoms with Crippen LogP contribution in [0.5, 0.6) is 0 Å². The van der Waals surface area contributed by atoms with Crippen molar-refractivity contribution in [3.63, 3.8) is 0 Å². The molecule has 94 valence electrons. The summed E-state index contributed by atoms with van der Waals surface area (Å²) in [6.07, 6.45) is 1.14. The Kier molecular flexibility index (Phi) is 4.68. The van der Waals surface area contributed by atoms with Gasteiger partial charge in [0.05, 0.1) is 0 Å². The van der Waals surface area contributed by atoms with Gasteiger partial charge in [-0.3, -0.25) is 0 Å². The summed E-state index contributed by atoms with van der Waals surface area (Å²) in [7, 11) is 2.06. The zero-order valence-corrected chi connectivity index (χ0v) is 11.0. The molecule has 1 aliphatic rings. The Labute approximate surface area is 107 Å². The molecule has 17 heavy (non-hydrogen) atoms. The maximum Gasteiger partial charge on any atom is 0.123 e. The fraction of sp³-hybridized carbons (Fsp3) is 0.538. The standard InChI is InChI=1S/C13H19FN2S/c1-16(13-4-2-11(14)3-5-13)8-6-12-10-17-9-7-15-12/h2-5,12,15H,6-10H2,1H3. The number of anilines is 1. The number of hydrogen-bond donors (Lipinski definition) is 1. The number of halogens is 1. The van der Waals surface area contributed by atoms with Crippen molar-refractivity contribution in [1.29, 1.82) is 0 Å². The van der Waals surface area contributed by atoms with Gasteiger partial charge in [0.2, 0.25) is 0 Å². The molecule has 1 N–H and O–H groups in total. The maximum atomic E-state index is 12.8. The third-order valence-electron chi connectivity index (χ3n) is 3.08. The van der Waals surface area contributed by atoms with Crippen LogP contribution in [0.25, 0.3) is 0 Å². The van der Waals surface area contributed by atoms with Gasteiger partial charge in [0.15, 0.2) is 0 Å². The minimum atomic E-state index is -0.174. The van der Waals surface area contributed by atoms with Gasteiger partial charge in [-0.05, 0) is 30.7 Å². The van der Waals surface area contributed by atoms with Crippen molar-refractivity contribution < 1.29 is 4.39 Å². The summed E-state index contributed by atoms with van der Waals surface area (Å²) < 4.78 is 12.8. The summed E-state index contributed by atoms with van der Waals surface area (Å²) >= 11 is 2.02. The molecule has 0 spiro atoms. The summed E-state index contributed by atoms with van der Waals surface area (Å²) in [6, 6.07) is 7.31. The number of nitrogens with one attached hydrogen (secondary N) is 1. The second-order valence-electron chi connectivity index (χ2n) is 4.41. The van der Waals surface area contributed by atoms with Crippen LogP contribution in [0.2, 0.25) is 0 Å². The third-order valence-corrected chi connectivity index (χ3v) is 4.21. The number of nitrogens with zero attached hydrogens (tertiary/aromatic N) is 1. The fourth-order valence-electron chi connectivity index (χ4n) is 1.98. The van der Waals surface area contributed by atoms with Crippen molar-refractivity contribution in [2.45, 2.75) is 12.5 Å². The Morgan fingerprint density at radius 3 is 2.82 bits per heavy atom. The minimum absolute atomic E-state index is 0.174. The van der Waals surface area contributed by atoms with E-state index in [1.807, 2.05) is 23.9 Å². The predicted molar refractivity (Wildman–Crippen MR) is 73.4 cm³/mol. The SMILES string of the molecule is CN(CCC1CSCCN1)c1ccc(F)cc1. The molecule has 1 atom stereocenters. The normalized spacial score (nSPS) is 20.2. The largest absolute Gasteiger partial charge is 0.375 e. The molecule has 0 saturated carbocycles. The highest BCUT2D eigenvalue weighted by molar-refractivity contribution is 7.99. The molecule has 1 aromatic rings. The van der Waals surface area contributed by atoms with Gasteiger partial charge in [-0.15, -0.1) is 0 Å². The third kappa shape index (κ3) is 3.89. The summed E-state index contributed by atoms with van der Waals surface area (Å²) in [5.74, 6) is 2.26. The zero-order chi connectivity index (χ0) is 12.1. The molecule has 0 aromatic heterocycles. The number of thioether (sulfide) groups is 1. The zero-order valence-electron chi connectivity index (χ0n) is 10.2. The van der Waals surface area contributed by atoms with Gasteiger partial charge in [-0.25, -0.2) is 4.39 Å². The van der Waals surface area contributed by atoms with Crippen molar-refractivity contribution in [2.75, 3.05) is 36.5 Å². The smallest absolute Gasteiger partial charge is 0.123 e. The number of hydrogen-bond acceptors (Lipinski definition) is 3. The number of rotatable bonds is 4. The lowest BCUT2D eigenvalue weighted by Gasteiger charge is -2.26. The average Bonchev–Trinajstić information content (AvgIpc) is 2.38. The molecule has 4 heteroatoms. The van der Waals surface area contributed by atoms with E-state index in [4.69, 9.17) is 0 Å². The topological polar surface area (TPSA) is 15.3 Å². The first-order valence-corrected chi connectivity index (χ1v) is 7.19. The van der Waals surface area contributed by atoms with Crippen molar-refractivity contribution in [3.05, 3.63) is 30.1 Å². The lowest BCUT2D eigenvalue weighted by atomic mass is 10.2.